The first kappa shape index (κ1) is 21.7. The van der Waals surface area contributed by atoms with E-state index in [4.69, 9.17) is 4.74 Å². The quantitative estimate of drug-likeness (QED) is 0.258. The molecule has 0 saturated heterocycles. The molecular formula is C27H24N4O2S. The number of H-pyrrole nitrogens is 1. The molecule has 0 spiro atoms. The van der Waals surface area contributed by atoms with E-state index < -0.39 is 0 Å². The molecule has 3 aromatic heterocycles. The monoisotopic (exact) mass is 468 g/mol. The van der Waals surface area contributed by atoms with Crippen molar-refractivity contribution in [3.8, 4) is 5.75 Å². The van der Waals surface area contributed by atoms with Crippen LogP contribution < -0.4 is 15.4 Å². The van der Waals surface area contributed by atoms with Crippen LogP contribution in [0.2, 0.25) is 0 Å². The molecule has 7 heteroatoms. The van der Waals surface area contributed by atoms with E-state index in [2.05, 4.69) is 27.5 Å². The Morgan fingerprint density at radius 3 is 2.68 bits per heavy atom. The number of benzene rings is 2. The highest BCUT2D eigenvalue weighted by atomic mass is 32.1. The number of para-hydroxylation sites is 2. The fourth-order valence-corrected chi connectivity index (χ4v) is 4.78. The molecule has 170 valence electrons. The Morgan fingerprint density at radius 2 is 1.91 bits per heavy atom. The summed E-state index contributed by atoms with van der Waals surface area (Å²) in [5.74, 6) is 0.640. The van der Waals surface area contributed by atoms with Crippen molar-refractivity contribution in [2.24, 2.45) is 0 Å². The first-order valence-corrected chi connectivity index (χ1v) is 11.8. The predicted molar refractivity (Wildman–Crippen MR) is 138 cm³/mol. The molecule has 0 bridgehead atoms. The van der Waals surface area contributed by atoms with E-state index in [1.54, 1.807) is 13.3 Å². The number of rotatable bonds is 7. The van der Waals surface area contributed by atoms with E-state index in [-0.39, 0.29) is 11.9 Å². The van der Waals surface area contributed by atoms with Crippen LogP contribution in [0.3, 0.4) is 0 Å². The summed E-state index contributed by atoms with van der Waals surface area (Å²) in [7, 11) is 1.66. The SMILES string of the molecule is COc1ccccc1NC(c1ccccn1)c1c(C)[nH]c2ccc(NC(=O)c3cccs3)cc12. The molecule has 0 radical (unpaired) electrons. The number of carbonyl (C=O) groups excluding carboxylic acids is 1. The minimum absolute atomic E-state index is 0.114. The minimum Gasteiger partial charge on any atom is -0.495 e. The highest BCUT2D eigenvalue weighted by Gasteiger charge is 2.23. The van der Waals surface area contributed by atoms with Crippen molar-refractivity contribution >= 4 is 39.5 Å². The lowest BCUT2D eigenvalue weighted by atomic mass is 9.98. The molecule has 0 aliphatic carbocycles. The number of amides is 1. The van der Waals surface area contributed by atoms with Crippen LogP contribution in [0, 0.1) is 6.92 Å². The lowest BCUT2D eigenvalue weighted by Crippen LogP contribution is -2.15. The number of fused-ring (bicyclic) bond motifs is 1. The third kappa shape index (κ3) is 4.25. The molecule has 1 amide bonds. The lowest BCUT2D eigenvalue weighted by molar-refractivity contribution is 0.103. The second-order valence-corrected chi connectivity index (χ2v) is 8.84. The van der Waals surface area contributed by atoms with Crippen molar-refractivity contribution in [1.29, 1.82) is 0 Å². The summed E-state index contributed by atoms with van der Waals surface area (Å²) in [6, 6.07) is 23.1. The zero-order valence-corrected chi connectivity index (χ0v) is 19.6. The van der Waals surface area contributed by atoms with Crippen LogP contribution in [0.1, 0.15) is 32.7 Å². The van der Waals surface area contributed by atoms with Gasteiger partial charge in [0.1, 0.15) is 5.75 Å². The highest BCUT2D eigenvalue weighted by Crippen LogP contribution is 2.37. The Labute approximate surface area is 201 Å². The van der Waals surface area contributed by atoms with Gasteiger partial charge in [-0.1, -0.05) is 24.3 Å². The van der Waals surface area contributed by atoms with Crippen molar-refractivity contribution in [2.45, 2.75) is 13.0 Å². The topological polar surface area (TPSA) is 79.0 Å². The molecule has 3 heterocycles. The smallest absolute Gasteiger partial charge is 0.265 e. The summed E-state index contributed by atoms with van der Waals surface area (Å²) in [4.78, 5) is 21.4. The van der Waals surface area contributed by atoms with E-state index in [1.807, 2.05) is 78.2 Å². The van der Waals surface area contributed by atoms with Crippen LogP contribution in [0.4, 0.5) is 11.4 Å². The molecule has 0 aliphatic heterocycles. The Bertz CT molecular complexity index is 1430. The first-order valence-electron chi connectivity index (χ1n) is 10.9. The van der Waals surface area contributed by atoms with E-state index >= 15 is 0 Å². The predicted octanol–water partition coefficient (Wildman–Crippen LogP) is 6.40. The number of aromatic nitrogens is 2. The second-order valence-electron chi connectivity index (χ2n) is 7.89. The molecule has 1 unspecified atom stereocenters. The summed E-state index contributed by atoms with van der Waals surface area (Å²) in [6.45, 7) is 2.05. The third-order valence-corrected chi connectivity index (χ3v) is 6.59. The summed E-state index contributed by atoms with van der Waals surface area (Å²) < 4.78 is 5.58. The number of ether oxygens (including phenoxy) is 1. The number of anilines is 2. The van der Waals surface area contributed by atoms with Gasteiger partial charge in [-0.2, -0.15) is 0 Å². The molecule has 3 N–H and O–H groups in total. The number of nitrogens with zero attached hydrogens (tertiary/aromatic N) is 1. The number of thiophene rings is 1. The summed E-state index contributed by atoms with van der Waals surface area (Å²) in [6.07, 6.45) is 1.79. The van der Waals surface area contributed by atoms with Gasteiger partial charge in [-0.3, -0.25) is 9.78 Å². The molecule has 34 heavy (non-hydrogen) atoms. The number of methoxy groups -OCH3 is 1. The third-order valence-electron chi connectivity index (χ3n) is 5.72. The van der Waals surface area contributed by atoms with Crippen LogP contribution in [-0.2, 0) is 0 Å². The molecule has 0 saturated carbocycles. The highest BCUT2D eigenvalue weighted by molar-refractivity contribution is 7.12. The van der Waals surface area contributed by atoms with E-state index in [9.17, 15) is 4.79 Å². The minimum atomic E-state index is -0.241. The van der Waals surface area contributed by atoms with Crippen LogP contribution in [-0.4, -0.2) is 23.0 Å². The molecule has 6 nitrogen and oxygen atoms in total. The maximum absolute atomic E-state index is 12.6. The molecule has 1 atom stereocenters. The van der Waals surface area contributed by atoms with Crippen molar-refractivity contribution in [3.05, 3.63) is 106 Å². The summed E-state index contributed by atoms with van der Waals surface area (Å²) >= 11 is 1.42. The van der Waals surface area contributed by atoms with Crippen LogP contribution in [0.25, 0.3) is 10.9 Å². The average molecular weight is 469 g/mol. The van der Waals surface area contributed by atoms with Gasteiger partial charge in [-0.05, 0) is 60.8 Å². The van der Waals surface area contributed by atoms with Gasteiger partial charge < -0.3 is 20.4 Å². The molecule has 5 rings (SSSR count). The first-order chi connectivity index (χ1) is 16.6. The van der Waals surface area contributed by atoms with Crippen molar-refractivity contribution in [2.75, 3.05) is 17.7 Å². The van der Waals surface area contributed by atoms with Crippen molar-refractivity contribution in [3.63, 3.8) is 0 Å². The maximum atomic E-state index is 12.6. The molecule has 0 aliphatic rings. The van der Waals surface area contributed by atoms with Gasteiger partial charge in [0.15, 0.2) is 0 Å². The van der Waals surface area contributed by atoms with Crippen LogP contribution >= 0.6 is 11.3 Å². The van der Waals surface area contributed by atoms with Gasteiger partial charge in [0.2, 0.25) is 0 Å². The van der Waals surface area contributed by atoms with Crippen LogP contribution in [0.5, 0.6) is 5.75 Å². The van der Waals surface area contributed by atoms with Gasteiger partial charge in [0, 0.05) is 34.0 Å². The van der Waals surface area contributed by atoms with Gasteiger partial charge in [-0.15, -0.1) is 11.3 Å². The number of carbonyl (C=O) groups is 1. The normalized spacial score (nSPS) is 11.8. The van der Waals surface area contributed by atoms with Crippen molar-refractivity contribution in [1.82, 2.24) is 9.97 Å². The fraction of sp³-hybridized carbons (Fsp3) is 0.111. The van der Waals surface area contributed by atoms with E-state index in [1.165, 1.54) is 11.3 Å². The molecule has 0 fully saturated rings. The standard InChI is InChI=1S/C27H24N4O2S/c1-17-25(19-16-18(12-13-20(19)29-17)30-27(32)24-11-7-15-34-24)26(22-9-5-6-14-28-22)31-21-8-3-4-10-23(21)33-2/h3-16,26,29,31H,1-2H3,(H,30,32). The molecule has 2 aromatic carbocycles. The average Bonchev–Trinajstić information content (AvgIpc) is 3.51. The van der Waals surface area contributed by atoms with Gasteiger partial charge in [0.25, 0.3) is 5.91 Å². The van der Waals surface area contributed by atoms with E-state index in [0.29, 0.717) is 4.88 Å². The second kappa shape index (κ2) is 9.41. The van der Waals surface area contributed by atoms with E-state index in [0.717, 1.165) is 45.0 Å². The Kier molecular flexibility index (Phi) is 6.01. The largest absolute Gasteiger partial charge is 0.495 e. The van der Waals surface area contributed by atoms with Crippen molar-refractivity contribution < 1.29 is 9.53 Å². The molecule has 5 aromatic rings. The zero-order chi connectivity index (χ0) is 23.5. The summed E-state index contributed by atoms with van der Waals surface area (Å²) in [5.41, 5.74) is 5.57. The number of aryl methyl sites for hydroxylation is 1. The van der Waals surface area contributed by atoms with Gasteiger partial charge in [-0.25, -0.2) is 0 Å². The number of nitrogens with one attached hydrogen (secondary N) is 3. The lowest BCUT2D eigenvalue weighted by Gasteiger charge is -2.22. The Balaban J connectivity index is 1.59. The number of hydrogen-bond acceptors (Lipinski definition) is 5. The number of pyridine rings is 1. The number of aromatic amines is 1. The van der Waals surface area contributed by atoms with Gasteiger partial charge >= 0.3 is 0 Å². The zero-order valence-electron chi connectivity index (χ0n) is 18.8. The molecular weight excluding hydrogens is 444 g/mol. The van der Waals surface area contributed by atoms with Gasteiger partial charge in [0.05, 0.1) is 29.4 Å². The fourth-order valence-electron chi connectivity index (χ4n) is 4.16. The maximum Gasteiger partial charge on any atom is 0.265 e. The number of hydrogen-bond donors (Lipinski definition) is 3. The summed E-state index contributed by atoms with van der Waals surface area (Å²) in [5, 5.41) is 9.57. The Morgan fingerprint density at radius 1 is 1.06 bits per heavy atom. The Hall–Kier alpha value is -4.10. The van der Waals surface area contributed by atoms with Crippen LogP contribution in [0.15, 0.2) is 84.4 Å².